The molecule has 0 spiro atoms. The van der Waals surface area contributed by atoms with Gasteiger partial charge in [-0.05, 0) is 26.0 Å². The molecule has 0 unspecified atom stereocenters. The lowest BCUT2D eigenvalue weighted by molar-refractivity contribution is -0.384. The number of sulfone groups is 1. The van der Waals surface area contributed by atoms with Crippen LogP contribution in [-0.2, 0) is 29.4 Å². The van der Waals surface area contributed by atoms with Crippen molar-refractivity contribution >= 4 is 37.4 Å². The zero-order valence-corrected chi connectivity index (χ0v) is 16.1. The van der Waals surface area contributed by atoms with E-state index in [0.717, 1.165) is 38.1 Å². The third-order valence-electron chi connectivity index (χ3n) is 4.94. The van der Waals surface area contributed by atoms with Gasteiger partial charge in [-0.25, -0.2) is 21.6 Å². The number of nitro groups is 1. The van der Waals surface area contributed by atoms with Crippen molar-refractivity contribution in [3.8, 4) is 0 Å². The van der Waals surface area contributed by atoms with Crippen LogP contribution in [0.2, 0.25) is 0 Å². The van der Waals surface area contributed by atoms with E-state index in [1.165, 1.54) is 0 Å². The summed E-state index contributed by atoms with van der Waals surface area (Å²) in [5, 5.41) is 18.3. The fourth-order valence-corrected chi connectivity index (χ4v) is 6.89. The molecule has 0 radical (unpaired) electrons. The SMILES string of the molecule is CC1(C)[C@@H](C(=O)O)N2C(=O)[C@@H](NS(=O)(=O)c3ccc([N+](=O)[O-])cc3)[C@@H]2S1(=O)=O. The second kappa shape index (κ2) is 5.96. The summed E-state index contributed by atoms with van der Waals surface area (Å²) in [6.07, 6.45) is 0. The Balaban J connectivity index is 1.93. The summed E-state index contributed by atoms with van der Waals surface area (Å²) in [6.45, 7) is 2.32. The van der Waals surface area contributed by atoms with Gasteiger partial charge in [0.1, 0.15) is 16.8 Å². The minimum atomic E-state index is -4.39. The number of nitro benzene ring substituents is 1. The Bertz CT molecular complexity index is 1090. The molecule has 2 aliphatic heterocycles. The number of non-ortho nitro benzene ring substituents is 1. The molecule has 0 aromatic heterocycles. The first-order valence-electron chi connectivity index (χ1n) is 7.78. The largest absolute Gasteiger partial charge is 0.480 e. The van der Waals surface area contributed by atoms with Crippen LogP contribution in [0, 0.1) is 10.1 Å². The number of carboxylic acids is 1. The molecule has 3 rings (SSSR count). The van der Waals surface area contributed by atoms with Gasteiger partial charge in [-0.1, -0.05) is 0 Å². The molecule has 1 aromatic rings. The van der Waals surface area contributed by atoms with Gasteiger partial charge in [0.2, 0.25) is 15.9 Å². The molecule has 2 fully saturated rings. The predicted molar refractivity (Wildman–Crippen MR) is 92.3 cm³/mol. The normalized spacial score (nSPS) is 27.7. The molecule has 14 heteroatoms. The molecular weight excluding hydrogens is 418 g/mol. The summed E-state index contributed by atoms with van der Waals surface area (Å²) in [5.74, 6) is -2.49. The maximum Gasteiger partial charge on any atom is 0.328 e. The summed E-state index contributed by atoms with van der Waals surface area (Å²) >= 11 is 0. The van der Waals surface area contributed by atoms with Crippen molar-refractivity contribution in [2.24, 2.45) is 0 Å². The molecule has 2 heterocycles. The maximum absolute atomic E-state index is 12.7. The molecule has 28 heavy (non-hydrogen) atoms. The molecule has 2 saturated heterocycles. The summed E-state index contributed by atoms with van der Waals surface area (Å²) in [5.41, 5.74) is -0.353. The lowest BCUT2D eigenvalue weighted by atomic mass is 9.96. The number of carboxylic acid groups (broad SMARTS) is 1. The third kappa shape index (κ3) is 2.59. The molecule has 152 valence electrons. The number of sulfonamides is 1. The molecule has 0 aliphatic carbocycles. The molecule has 1 amide bonds. The predicted octanol–water partition coefficient (Wildman–Crippen LogP) is -0.930. The van der Waals surface area contributed by atoms with E-state index in [1.54, 1.807) is 0 Å². The molecule has 0 bridgehead atoms. The third-order valence-corrected chi connectivity index (χ3v) is 9.22. The molecule has 0 saturated carbocycles. The molecule has 2 aliphatic rings. The number of hydrogen-bond donors (Lipinski definition) is 2. The fraction of sp³-hybridized carbons (Fsp3) is 0.429. The number of fused-ring (bicyclic) bond motifs is 1. The van der Waals surface area contributed by atoms with Gasteiger partial charge in [0, 0.05) is 12.1 Å². The van der Waals surface area contributed by atoms with E-state index < -0.39 is 63.8 Å². The van der Waals surface area contributed by atoms with Crippen LogP contribution in [0.5, 0.6) is 0 Å². The number of nitrogens with zero attached hydrogens (tertiary/aromatic N) is 2. The average molecular weight is 433 g/mol. The summed E-state index contributed by atoms with van der Waals surface area (Å²) in [7, 11) is -8.60. The van der Waals surface area contributed by atoms with E-state index in [2.05, 4.69) is 0 Å². The Morgan fingerprint density at radius 1 is 1.29 bits per heavy atom. The van der Waals surface area contributed by atoms with Crippen LogP contribution in [0.3, 0.4) is 0 Å². The first-order valence-corrected chi connectivity index (χ1v) is 10.8. The van der Waals surface area contributed by atoms with Crippen LogP contribution in [0.15, 0.2) is 29.2 Å². The Hall–Kier alpha value is -2.58. The van der Waals surface area contributed by atoms with Gasteiger partial charge < -0.3 is 10.0 Å². The topological polar surface area (TPSA) is 181 Å². The van der Waals surface area contributed by atoms with Crippen molar-refractivity contribution in [3.63, 3.8) is 0 Å². The monoisotopic (exact) mass is 433 g/mol. The number of nitrogens with one attached hydrogen (secondary N) is 1. The number of carbonyl (C=O) groups excluding carboxylic acids is 1. The summed E-state index contributed by atoms with van der Waals surface area (Å²) < 4.78 is 50.6. The van der Waals surface area contributed by atoms with Crippen molar-refractivity contribution in [1.29, 1.82) is 0 Å². The van der Waals surface area contributed by atoms with Gasteiger partial charge in [0.25, 0.3) is 5.69 Å². The zero-order chi connectivity index (χ0) is 21.2. The summed E-state index contributed by atoms with van der Waals surface area (Å²) in [4.78, 5) is 34.0. The average Bonchev–Trinajstić information content (AvgIpc) is 2.73. The quantitative estimate of drug-likeness (QED) is 0.337. The highest BCUT2D eigenvalue weighted by atomic mass is 32.2. The lowest BCUT2D eigenvalue weighted by Crippen LogP contribution is -2.71. The highest BCUT2D eigenvalue weighted by molar-refractivity contribution is 7.94. The number of aliphatic carboxylic acids is 1. The van der Waals surface area contributed by atoms with E-state index in [9.17, 15) is 41.6 Å². The van der Waals surface area contributed by atoms with Gasteiger partial charge in [0.15, 0.2) is 15.2 Å². The standard InChI is InChI=1S/C14H15N3O9S2/c1-14(2)10(13(19)20)16-11(18)9(12(16)27(14,23)24)15-28(25,26)8-5-3-7(4-6-8)17(21)22/h3-6,9-10,12,15H,1-2H3,(H,19,20)/t9-,10-,12+/m1/s1. The molecule has 12 nitrogen and oxygen atoms in total. The van der Waals surface area contributed by atoms with Crippen LogP contribution in [0.25, 0.3) is 0 Å². The minimum absolute atomic E-state index is 0.353. The number of rotatable bonds is 5. The van der Waals surface area contributed by atoms with E-state index in [1.807, 2.05) is 4.72 Å². The highest BCUT2D eigenvalue weighted by Crippen LogP contribution is 2.46. The van der Waals surface area contributed by atoms with Crippen LogP contribution >= 0.6 is 0 Å². The number of β-lactam (4-membered cyclic amide) rings is 1. The second-order valence-electron chi connectivity index (χ2n) is 6.88. The van der Waals surface area contributed by atoms with Crippen LogP contribution in [0.4, 0.5) is 5.69 Å². The fourth-order valence-electron chi connectivity index (χ4n) is 3.40. The van der Waals surface area contributed by atoms with Gasteiger partial charge in [-0.15, -0.1) is 0 Å². The van der Waals surface area contributed by atoms with E-state index in [4.69, 9.17) is 0 Å². The number of amides is 1. The van der Waals surface area contributed by atoms with Crippen molar-refractivity contribution in [2.75, 3.05) is 0 Å². The highest BCUT2D eigenvalue weighted by Gasteiger charge is 2.72. The lowest BCUT2D eigenvalue weighted by Gasteiger charge is -2.42. The van der Waals surface area contributed by atoms with Crippen LogP contribution in [0.1, 0.15) is 13.8 Å². The van der Waals surface area contributed by atoms with Crippen LogP contribution < -0.4 is 4.72 Å². The molecule has 2 N–H and O–H groups in total. The zero-order valence-electron chi connectivity index (χ0n) is 14.5. The number of benzene rings is 1. The Morgan fingerprint density at radius 3 is 2.29 bits per heavy atom. The summed E-state index contributed by atoms with van der Waals surface area (Å²) in [6, 6.07) is 0.436. The van der Waals surface area contributed by atoms with E-state index in [-0.39, 0.29) is 5.69 Å². The van der Waals surface area contributed by atoms with Crippen molar-refractivity contribution in [1.82, 2.24) is 9.62 Å². The number of carbonyl (C=O) groups is 2. The smallest absolute Gasteiger partial charge is 0.328 e. The first kappa shape index (κ1) is 20.2. The second-order valence-corrected chi connectivity index (χ2v) is 11.2. The van der Waals surface area contributed by atoms with E-state index >= 15 is 0 Å². The van der Waals surface area contributed by atoms with Gasteiger partial charge in [0.05, 0.1) is 9.82 Å². The van der Waals surface area contributed by atoms with Crippen molar-refractivity contribution in [3.05, 3.63) is 34.4 Å². The first-order chi connectivity index (χ1) is 12.7. The molecule has 1 aromatic carbocycles. The van der Waals surface area contributed by atoms with Gasteiger partial charge in [-0.3, -0.25) is 14.9 Å². The van der Waals surface area contributed by atoms with Crippen molar-refractivity contribution < 1.29 is 36.5 Å². The minimum Gasteiger partial charge on any atom is -0.480 e. The maximum atomic E-state index is 12.7. The Labute approximate surface area is 159 Å². The van der Waals surface area contributed by atoms with Gasteiger partial charge >= 0.3 is 5.97 Å². The molecular formula is C14H15N3O9S2. The van der Waals surface area contributed by atoms with E-state index in [0.29, 0.717) is 4.90 Å². The Morgan fingerprint density at radius 2 is 1.82 bits per heavy atom. The Kier molecular flexibility index (Phi) is 4.29. The molecule has 3 atom stereocenters. The van der Waals surface area contributed by atoms with Crippen LogP contribution in [-0.4, -0.2) is 65.8 Å². The van der Waals surface area contributed by atoms with Gasteiger partial charge in [-0.2, -0.15) is 4.72 Å². The van der Waals surface area contributed by atoms with Crippen molar-refractivity contribution in [2.45, 2.75) is 40.9 Å². The number of hydrogen-bond acceptors (Lipinski definition) is 8.